The molecule has 20 heavy (non-hydrogen) atoms. The first-order valence-corrected chi connectivity index (χ1v) is 6.33. The van der Waals surface area contributed by atoms with Gasteiger partial charge in [0.05, 0.1) is 12.2 Å². The molecule has 0 aromatic heterocycles. The minimum atomic E-state index is -0.646. The normalized spacial score (nSPS) is 10.1. The highest BCUT2D eigenvalue weighted by atomic mass is 19.1. The molecule has 4 heteroatoms. The van der Waals surface area contributed by atoms with Crippen LogP contribution in [0.1, 0.15) is 22.8 Å². The largest absolute Gasteiger partial charge is 0.491 e. The molecule has 0 atom stereocenters. The molecule has 0 radical (unpaired) electrons. The highest BCUT2D eigenvalue weighted by molar-refractivity contribution is 5.80. The van der Waals surface area contributed by atoms with Gasteiger partial charge in [0, 0.05) is 0 Å². The first kappa shape index (κ1) is 14.1. The maximum atomic E-state index is 14.2. The van der Waals surface area contributed by atoms with Crippen molar-refractivity contribution in [3.8, 4) is 11.5 Å². The van der Waals surface area contributed by atoms with E-state index in [4.69, 9.17) is 9.47 Å². The third kappa shape index (κ3) is 3.15. The van der Waals surface area contributed by atoms with Crippen molar-refractivity contribution < 1.29 is 18.7 Å². The summed E-state index contributed by atoms with van der Waals surface area (Å²) in [5.74, 6) is -0.636. The second-order valence-electron chi connectivity index (χ2n) is 4.12. The Morgan fingerprint density at radius 3 is 2.50 bits per heavy atom. The summed E-state index contributed by atoms with van der Waals surface area (Å²) in [6.07, 6.45) is 0.569. The molecule has 0 N–H and O–H groups in total. The van der Waals surface area contributed by atoms with Crippen LogP contribution < -0.4 is 9.47 Å². The van der Waals surface area contributed by atoms with E-state index in [9.17, 15) is 9.18 Å². The third-order valence-electron chi connectivity index (χ3n) is 2.74. The van der Waals surface area contributed by atoms with Crippen molar-refractivity contribution in [3.63, 3.8) is 0 Å². The highest BCUT2D eigenvalue weighted by Gasteiger charge is 2.15. The van der Waals surface area contributed by atoms with E-state index in [0.717, 1.165) is 5.56 Å². The maximum absolute atomic E-state index is 14.2. The van der Waals surface area contributed by atoms with Gasteiger partial charge in [-0.05, 0) is 24.6 Å². The monoisotopic (exact) mass is 274 g/mol. The van der Waals surface area contributed by atoms with Gasteiger partial charge in [0.15, 0.2) is 17.8 Å². The van der Waals surface area contributed by atoms with Gasteiger partial charge < -0.3 is 9.47 Å². The Hall–Kier alpha value is -2.36. The molecule has 0 saturated carbocycles. The van der Waals surface area contributed by atoms with Gasteiger partial charge in [0.1, 0.15) is 6.61 Å². The van der Waals surface area contributed by atoms with Crippen LogP contribution in [0, 0.1) is 5.82 Å². The van der Waals surface area contributed by atoms with Crippen molar-refractivity contribution in [1.29, 1.82) is 0 Å². The maximum Gasteiger partial charge on any atom is 0.207 e. The third-order valence-corrected chi connectivity index (χ3v) is 2.74. The predicted molar refractivity (Wildman–Crippen MR) is 73.7 cm³/mol. The van der Waals surface area contributed by atoms with Crippen LogP contribution >= 0.6 is 0 Å². The Kier molecular flexibility index (Phi) is 4.71. The van der Waals surface area contributed by atoms with Crippen LogP contribution in [0.4, 0.5) is 4.39 Å². The zero-order chi connectivity index (χ0) is 14.4. The molecule has 104 valence electrons. The Morgan fingerprint density at radius 1 is 1.10 bits per heavy atom. The molecule has 0 aliphatic carbocycles. The lowest BCUT2D eigenvalue weighted by Crippen LogP contribution is -2.03. The molecule has 2 aromatic rings. The summed E-state index contributed by atoms with van der Waals surface area (Å²) in [5.41, 5.74) is 1.06. The zero-order valence-electron chi connectivity index (χ0n) is 11.1. The molecule has 0 bridgehead atoms. The summed E-state index contributed by atoms with van der Waals surface area (Å²) in [4.78, 5) is 11.0. The lowest BCUT2D eigenvalue weighted by atomic mass is 10.2. The first-order valence-electron chi connectivity index (χ1n) is 6.33. The van der Waals surface area contributed by atoms with Crippen LogP contribution in [0.25, 0.3) is 0 Å². The zero-order valence-corrected chi connectivity index (χ0v) is 11.1. The molecular weight excluding hydrogens is 259 g/mol. The summed E-state index contributed by atoms with van der Waals surface area (Å²) in [6, 6.07) is 12.3. The van der Waals surface area contributed by atoms with E-state index < -0.39 is 5.82 Å². The second-order valence-corrected chi connectivity index (χ2v) is 4.12. The van der Waals surface area contributed by atoms with Gasteiger partial charge in [0.2, 0.25) is 5.82 Å². The Balaban J connectivity index is 2.24. The number of ether oxygens (including phenoxy) is 2. The number of rotatable bonds is 6. The lowest BCUT2D eigenvalue weighted by Gasteiger charge is -2.12. The fraction of sp³-hybridized carbons (Fsp3) is 0.188. The molecule has 0 aliphatic rings. The Labute approximate surface area is 117 Å². The minimum Gasteiger partial charge on any atom is -0.491 e. The van der Waals surface area contributed by atoms with E-state index >= 15 is 0 Å². The van der Waals surface area contributed by atoms with Crippen LogP contribution in [0.2, 0.25) is 0 Å². The van der Waals surface area contributed by atoms with Gasteiger partial charge in [0.25, 0.3) is 0 Å². The van der Waals surface area contributed by atoms with Crippen molar-refractivity contribution in [2.75, 3.05) is 6.61 Å². The van der Waals surface area contributed by atoms with E-state index in [0.29, 0.717) is 12.9 Å². The number of aldehydes is 1. The topological polar surface area (TPSA) is 35.5 Å². The SMILES string of the molecule is CCOc1ccc(C=O)c(OCc2ccccc2)c1F. The predicted octanol–water partition coefficient (Wildman–Crippen LogP) is 3.62. The summed E-state index contributed by atoms with van der Waals surface area (Å²) in [7, 11) is 0. The standard InChI is InChI=1S/C16H15FO3/c1-2-19-14-9-8-13(10-18)16(15(14)17)20-11-12-6-4-3-5-7-12/h3-10H,2,11H2,1H3. The fourth-order valence-corrected chi connectivity index (χ4v) is 1.79. The van der Waals surface area contributed by atoms with E-state index in [1.54, 1.807) is 6.92 Å². The smallest absolute Gasteiger partial charge is 0.207 e. The minimum absolute atomic E-state index is 0.0743. The quantitative estimate of drug-likeness (QED) is 0.755. The Morgan fingerprint density at radius 2 is 1.85 bits per heavy atom. The van der Waals surface area contributed by atoms with Crippen LogP contribution in [-0.2, 0) is 6.61 Å². The van der Waals surface area contributed by atoms with Crippen molar-refractivity contribution in [2.45, 2.75) is 13.5 Å². The van der Waals surface area contributed by atoms with Crippen molar-refractivity contribution in [3.05, 3.63) is 59.4 Å². The molecule has 0 spiro atoms. The molecule has 0 saturated heterocycles. The number of carbonyl (C=O) groups is 1. The van der Waals surface area contributed by atoms with Gasteiger partial charge in [-0.15, -0.1) is 0 Å². The van der Waals surface area contributed by atoms with E-state index in [-0.39, 0.29) is 23.7 Å². The summed E-state index contributed by atoms with van der Waals surface area (Å²) < 4.78 is 24.8. The molecule has 0 fully saturated rings. The van der Waals surface area contributed by atoms with E-state index in [1.807, 2.05) is 30.3 Å². The molecule has 3 nitrogen and oxygen atoms in total. The van der Waals surface area contributed by atoms with Gasteiger partial charge in [-0.2, -0.15) is 4.39 Å². The number of carbonyl (C=O) groups excluding carboxylic acids is 1. The van der Waals surface area contributed by atoms with Crippen molar-refractivity contribution >= 4 is 6.29 Å². The Bertz CT molecular complexity index is 582. The van der Waals surface area contributed by atoms with Crippen LogP contribution in [0.15, 0.2) is 42.5 Å². The van der Waals surface area contributed by atoms with Gasteiger partial charge in [-0.25, -0.2) is 0 Å². The molecule has 0 aliphatic heterocycles. The molecule has 2 aromatic carbocycles. The van der Waals surface area contributed by atoms with Crippen LogP contribution in [-0.4, -0.2) is 12.9 Å². The fourth-order valence-electron chi connectivity index (χ4n) is 1.79. The molecule has 2 rings (SSSR count). The summed E-state index contributed by atoms with van der Waals surface area (Å²) in [6.45, 7) is 2.29. The number of hydrogen-bond donors (Lipinski definition) is 0. The highest BCUT2D eigenvalue weighted by Crippen LogP contribution is 2.30. The second kappa shape index (κ2) is 6.70. The average molecular weight is 274 g/mol. The average Bonchev–Trinajstić information content (AvgIpc) is 2.49. The van der Waals surface area contributed by atoms with Crippen LogP contribution in [0.5, 0.6) is 11.5 Å². The number of hydrogen-bond acceptors (Lipinski definition) is 3. The van der Waals surface area contributed by atoms with Crippen molar-refractivity contribution in [1.82, 2.24) is 0 Å². The molecule has 0 heterocycles. The van der Waals surface area contributed by atoms with Crippen molar-refractivity contribution in [2.24, 2.45) is 0 Å². The molecule has 0 unspecified atom stereocenters. The molecule has 0 amide bonds. The van der Waals surface area contributed by atoms with Crippen LogP contribution in [0.3, 0.4) is 0 Å². The number of benzene rings is 2. The van der Waals surface area contributed by atoms with E-state index in [2.05, 4.69) is 0 Å². The number of halogens is 1. The van der Waals surface area contributed by atoms with Gasteiger partial charge in [-0.3, -0.25) is 4.79 Å². The summed E-state index contributed by atoms with van der Waals surface area (Å²) in [5, 5.41) is 0. The lowest BCUT2D eigenvalue weighted by molar-refractivity contribution is 0.111. The molecular formula is C16H15FO3. The van der Waals surface area contributed by atoms with Gasteiger partial charge >= 0.3 is 0 Å². The van der Waals surface area contributed by atoms with Gasteiger partial charge in [-0.1, -0.05) is 30.3 Å². The van der Waals surface area contributed by atoms with E-state index in [1.165, 1.54) is 12.1 Å². The summed E-state index contributed by atoms with van der Waals surface area (Å²) >= 11 is 0. The first-order chi connectivity index (χ1) is 9.76.